The minimum Gasteiger partial charge on any atom is -0.481 e. The van der Waals surface area contributed by atoms with Crippen LogP contribution in [0, 0.1) is 5.92 Å². The summed E-state index contributed by atoms with van der Waals surface area (Å²) in [5.41, 5.74) is 0.822. The second kappa shape index (κ2) is 7.83. The fourth-order valence-corrected chi connectivity index (χ4v) is 4.02. The van der Waals surface area contributed by atoms with Crippen molar-refractivity contribution in [2.75, 3.05) is 44.3 Å². The average Bonchev–Trinajstić information content (AvgIpc) is 2.67. The molecule has 1 aromatic carbocycles. The summed E-state index contributed by atoms with van der Waals surface area (Å²) in [6.45, 7) is 2.71. The highest BCUT2D eigenvalue weighted by Crippen LogP contribution is 2.28. The van der Waals surface area contributed by atoms with Crippen LogP contribution in [0.3, 0.4) is 0 Å². The number of nitrogens with two attached hydrogens (primary N) is 1. The first kappa shape index (κ1) is 19.6. The number of morpholine rings is 1. The number of primary sulfonamides is 1. The van der Waals surface area contributed by atoms with Gasteiger partial charge in [-0.05, 0) is 31.0 Å². The summed E-state index contributed by atoms with van der Waals surface area (Å²) in [6, 6.07) is 4.25. The predicted molar refractivity (Wildman–Crippen MR) is 97.1 cm³/mol. The van der Waals surface area contributed by atoms with Crippen molar-refractivity contribution in [3.63, 3.8) is 0 Å². The number of ether oxygens (including phenoxy) is 1. The van der Waals surface area contributed by atoms with E-state index in [0.717, 1.165) is 0 Å². The highest BCUT2D eigenvalue weighted by molar-refractivity contribution is 7.89. The van der Waals surface area contributed by atoms with Crippen LogP contribution in [0.1, 0.15) is 23.2 Å². The Labute approximate surface area is 157 Å². The lowest BCUT2D eigenvalue weighted by atomic mass is 9.97. The van der Waals surface area contributed by atoms with Crippen molar-refractivity contribution in [3.8, 4) is 0 Å². The number of carboxylic acid groups (broad SMARTS) is 1. The Balaban J connectivity index is 1.97. The molecule has 2 saturated heterocycles. The molecule has 1 atom stereocenters. The van der Waals surface area contributed by atoms with Crippen molar-refractivity contribution in [2.45, 2.75) is 17.7 Å². The van der Waals surface area contributed by atoms with Gasteiger partial charge in [-0.2, -0.15) is 0 Å². The number of amides is 1. The summed E-state index contributed by atoms with van der Waals surface area (Å²) in [7, 11) is -3.97. The Hall–Kier alpha value is -2.17. The van der Waals surface area contributed by atoms with Gasteiger partial charge in [0.2, 0.25) is 10.0 Å². The average molecular weight is 397 g/mol. The molecule has 3 rings (SSSR count). The van der Waals surface area contributed by atoms with Crippen molar-refractivity contribution in [1.82, 2.24) is 4.90 Å². The van der Waals surface area contributed by atoms with Gasteiger partial charge in [0.15, 0.2) is 0 Å². The summed E-state index contributed by atoms with van der Waals surface area (Å²) in [4.78, 5) is 27.8. The first-order chi connectivity index (χ1) is 12.8. The molecule has 2 aliphatic rings. The summed E-state index contributed by atoms with van der Waals surface area (Å²) >= 11 is 0. The number of nitrogens with zero attached hydrogens (tertiary/aromatic N) is 2. The number of hydrogen-bond donors (Lipinski definition) is 2. The smallest absolute Gasteiger partial charge is 0.308 e. The Morgan fingerprint density at radius 1 is 1.19 bits per heavy atom. The molecular weight excluding hydrogens is 374 g/mol. The molecule has 0 aromatic heterocycles. The number of benzene rings is 1. The molecule has 0 aliphatic carbocycles. The zero-order chi connectivity index (χ0) is 19.6. The Kier molecular flexibility index (Phi) is 5.68. The van der Waals surface area contributed by atoms with Crippen LogP contribution < -0.4 is 10.0 Å². The number of rotatable bonds is 4. The van der Waals surface area contributed by atoms with Crippen LogP contribution in [0.4, 0.5) is 5.69 Å². The monoisotopic (exact) mass is 397 g/mol. The number of carbonyl (C=O) groups is 2. The highest BCUT2D eigenvalue weighted by Gasteiger charge is 2.31. The second-order valence-corrected chi connectivity index (χ2v) is 8.31. The molecule has 10 heteroatoms. The molecule has 9 nitrogen and oxygen atoms in total. The Bertz CT molecular complexity index is 835. The molecule has 2 heterocycles. The van der Waals surface area contributed by atoms with Crippen molar-refractivity contribution < 1.29 is 27.9 Å². The van der Waals surface area contributed by atoms with E-state index in [1.807, 2.05) is 4.90 Å². The minimum atomic E-state index is -3.97. The lowest BCUT2D eigenvalue weighted by Crippen LogP contribution is -2.43. The molecule has 2 aliphatic heterocycles. The molecule has 148 valence electrons. The second-order valence-electron chi connectivity index (χ2n) is 6.75. The van der Waals surface area contributed by atoms with E-state index < -0.39 is 21.9 Å². The van der Waals surface area contributed by atoms with Gasteiger partial charge in [0.05, 0.1) is 29.6 Å². The maximum atomic E-state index is 13.1. The summed E-state index contributed by atoms with van der Waals surface area (Å²) in [5.74, 6) is -1.93. The Morgan fingerprint density at radius 3 is 2.52 bits per heavy atom. The lowest BCUT2D eigenvalue weighted by Gasteiger charge is -2.34. The first-order valence-corrected chi connectivity index (χ1v) is 10.3. The van der Waals surface area contributed by atoms with Crippen LogP contribution in [-0.2, 0) is 19.6 Å². The van der Waals surface area contributed by atoms with Gasteiger partial charge in [0.25, 0.3) is 5.91 Å². The first-order valence-electron chi connectivity index (χ1n) is 8.79. The van der Waals surface area contributed by atoms with Crippen molar-refractivity contribution >= 4 is 27.6 Å². The van der Waals surface area contributed by atoms with Gasteiger partial charge in [-0.25, -0.2) is 13.6 Å². The third-order valence-electron chi connectivity index (χ3n) is 4.94. The molecule has 2 fully saturated rings. The molecule has 0 saturated carbocycles. The van der Waals surface area contributed by atoms with Crippen LogP contribution in [0.5, 0.6) is 0 Å². The topological polar surface area (TPSA) is 130 Å². The van der Waals surface area contributed by atoms with Crippen molar-refractivity contribution in [3.05, 3.63) is 23.8 Å². The van der Waals surface area contributed by atoms with Gasteiger partial charge >= 0.3 is 5.97 Å². The molecule has 0 spiro atoms. The zero-order valence-electron chi connectivity index (χ0n) is 14.8. The standard InChI is InChI=1S/C17H23N3O6S/c18-27(24,25)13-3-4-15(19-6-8-26-9-7-19)14(10-13)16(21)20-5-1-2-12(11-20)17(22)23/h3-4,10,12H,1-2,5-9,11H2,(H,22,23)(H2,18,24,25)/t12-/m0/s1. The number of sulfonamides is 1. The normalized spacial score (nSPS) is 21.1. The number of hydrogen-bond acceptors (Lipinski definition) is 6. The molecule has 0 unspecified atom stereocenters. The van der Waals surface area contributed by atoms with Crippen LogP contribution >= 0.6 is 0 Å². The number of likely N-dealkylation sites (tertiary alicyclic amines) is 1. The van der Waals surface area contributed by atoms with E-state index in [1.54, 1.807) is 6.07 Å². The third kappa shape index (κ3) is 4.40. The fraction of sp³-hybridized carbons (Fsp3) is 0.529. The molecule has 1 amide bonds. The summed E-state index contributed by atoms with van der Waals surface area (Å²) in [6.07, 6.45) is 1.11. The number of carboxylic acids is 1. The van der Waals surface area contributed by atoms with Crippen molar-refractivity contribution in [2.24, 2.45) is 11.1 Å². The van der Waals surface area contributed by atoms with E-state index in [0.29, 0.717) is 51.4 Å². The quantitative estimate of drug-likeness (QED) is 0.737. The van der Waals surface area contributed by atoms with Crippen LogP contribution in [0.25, 0.3) is 0 Å². The molecular formula is C17H23N3O6S. The van der Waals surface area contributed by atoms with E-state index >= 15 is 0 Å². The maximum absolute atomic E-state index is 13.1. The molecule has 0 bridgehead atoms. The summed E-state index contributed by atoms with van der Waals surface area (Å²) < 4.78 is 28.8. The number of carbonyl (C=O) groups excluding carboxylic acids is 1. The molecule has 0 radical (unpaired) electrons. The van der Waals surface area contributed by atoms with E-state index in [4.69, 9.17) is 9.88 Å². The van der Waals surface area contributed by atoms with Crippen molar-refractivity contribution in [1.29, 1.82) is 0 Å². The Morgan fingerprint density at radius 2 is 1.89 bits per heavy atom. The number of anilines is 1. The number of piperidine rings is 1. The van der Waals surface area contributed by atoms with Gasteiger partial charge in [-0.1, -0.05) is 0 Å². The van der Waals surface area contributed by atoms with Gasteiger partial charge in [0.1, 0.15) is 0 Å². The van der Waals surface area contributed by atoms with Crippen LogP contribution in [0.15, 0.2) is 23.1 Å². The van der Waals surface area contributed by atoms with Gasteiger partial charge in [-0.3, -0.25) is 9.59 Å². The van der Waals surface area contributed by atoms with Crippen LogP contribution in [-0.4, -0.2) is 69.7 Å². The van der Waals surface area contributed by atoms with Crippen LogP contribution in [0.2, 0.25) is 0 Å². The zero-order valence-corrected chi connectivity index (χ0v) is 15.7. The van der Waals surface area contributed by atoms with Gasteiger partial charge < -0.3 is 19.6 Å². The van der Waals surface area contributed by atoms with E-state index in [1.165, 1.54) is 17.0 Å². The third-order valence-corrected chi connectivity index (χ3v) is 5.85. The summed E-state index contributed by atoms with van der Waals surface area (Å²) in [5, 5.41) is 14.5. The van der Waals surface area contributed by atoms with E-state index in [-0.39, 0.29) is 22.9 Å². The minimum absolute atomic E-state index is 0.107. The van der Waals surface area contributed by atoms with Gasteiger partial charge in [0, 0.05) is 31.9 Å². The highest BCUT2D eigenvalue weighted by atomic mass is 32.2. The van der Waals surface area contributed by atoms with E-state index in [2.05, 4.69) is 0 Å². The lowest BCUT2D eigenvalue weighted by molar-refractivity contribution is -0.143. The number of aliphatic carboxylic acids is 1. The molecule has 1 aromatic rings. The SMILES string of the molecule is NS(=O)(=O)c1ccc(N2CCOCC2)c(C(=O)N2CCC[C@H](C(=O)O)C2)c1. The predicted octanol–water partition coefficient (Wildman–Crippen LogP) is 0.107. The molecule has 27 heavy (non-hydrogen) atoms. The largest absolute Gasteiger partial charge is 0.481 e. The van der Waals surface area contributed by atoms with Gasteiger partial charge in [-0.15, -0.1) is 0 Å². The van der Waals surface area contributed by atoms with E-state index in [9.17, 15) is 23.1 Å². The molecule has 3 N–H and O–H groups in total. The maximum Gasteiger partial charge on any atom is 0.308 e. The fourth-order valence-electron chi connectivity index (χ4n) is 3.48.